The molecule has 2 nitrogen and oxygen atoms in total. The number of nitrogens with zero attached hydrogens (tertiary/aromatic N) is 2. The van der Waals surface area contributed by atoms with E-state index in [0.29, 0.717) is 11.4 Å². The Morgan fingerprint density at radius 3 is 2.82 bits per heavy atom. The molecule has 4 heteroatoms. The lowest BCUT2D eigenvalue weighted by atomic mass is 10.2. The summed E-state index contributed by atoms with van der Waals surface area (Å²) in [7, 11) is 0. The van der Waals surface area contributed by atoms with Gasteiger partial charge in [-0.1, -0.05) is 28.1 Å². The Morgan fingerprint density at radius 2 is 2.00 bits per heavy atom. The van der Waals surface area contributed by atoms with Gasteiger partial charge in [-0.2, -0.15) is 0 Å². The Kier molecular flexibility index (Phi) is 2.44. The first-order chi connectivity index (χ1) is 8.25. The minimum atomic E-state index is -0.261. The second-order valence-electron chi connectivity index (χ2n) is 3.70. The molecule has 0 bridgehead atoms. The zero-order chi connectivity index (χ0) is 11.8. The van der Waals surface area contributed by atoms with E-state index in [1.807, 2.05) is 22.7 Å². The van der Waals surface area contributed by atoms with Gasteiger partial charge in [-0.05, 0) is 24.3 Å². The molecule has 3 rings (SSSR count). The first kappa shape index (κ1) is 10.5. The van der Waals surface area contributed by atoms with Crippen molar-refractivity contribution in [3.8, 4) is 11.4 Å². The van der Waals surface area contributed by atoms with Gasteiger partial charge in [0, 0.05) is 10.7 Å². The third-order valence-corrected chi connectivity index (χ3v) is 3.10. The Hall–Kier alpha value is -1.68. The molecule has 2 heterocycles. The number of aromatic nitrogens is 2. The number of hydrogen-bond donors (Lipinski definition) is 0. The second-order valence-corrected chi connectivity index (χ2v) is 4.62. The molecular weight excluding hydrogens is 283 g/mol. The summed E-state index contributed by atoms with van der Waals surface area (Å²) in [5.74, 6) is 0.355. The van der Waals surface area contributed by atoms with Crippen molar-refractivity contribution in [2.45, 2.75) is 0 Å². The summed E-state index contributed by atoms with van der Waals surface area (Å²) in [6.45, 7) is 0. The van der Waals surface area contributed by atoms with Gasteiger partial charge in [0.05, 0.1) is 17.3 Å². The Labute approximate surface area is 106 Å². The SMILES string of the molecule is Fc1ccccc1-c1ncc2cc(Br)ccn12. The van der Waals surface area contributed by atoms with Gasteiger partial charge in [0.1, 0.15) is 11.6 Å². The van der Waals surface area contributed by atoms with Gasteiger partial charge in [0.25, 0.3) is 0 Å². The third-order valence-electron chi connectivity index (χ3n) is 2.61. The van der Waals surface area contributed by atoms with Gasteiger partial charge in [-0.3, -0.25) is 4.40 Å². The number of fused-ring (bicyclic) bond motifs is 1. The van der Waals surface area contributed by atoms with Crippen molar-refractivity contribution in [3.63, 3.8) is 0 Å². The van der Waals surface area contributed by atoms with E-state index in [1.54, 1.807) is 24.4 Å². The molecule has 0 aliphatic rings. The lowest BCUT2D eigenvalue weighted by Crippen LogP contribution is -1.91. The summed E-state index contributed by atoms with van der Waals surface area (Å²) in [5.41, 5.74) is 1.44. The van der Waals surface area contributed by atoms with E-state index in [-0.39, 0.29) is 5.82 Å². The summed E-state index contributed by atoms with van der Waals surface area (Å²) in [6.07, 6.45) is 3.60. The molecule has 3 aromatic rings. The molecule has 0 aliphatic carbocycles. The van der Waals surface area contributed by atoms with Crippen LogP contribution in [-0.2, 0) is 0 Å². The number of halogens is 2. The molecule has 0 fully saturated rings. The van der Waals surface area contributed by atoms with Gasteiger partial charge in [0.2, 0.25) is 0 Å². The molecule has 0 unspecified atom stereocenters. The highest BCUT2D eigenvalue weighted by atomic mass is 79.9. The topological polar surface area (TPSA) is 17.3 Å². The van der Waals surface area contributed by atoms with E-state index < -0.39 is 0 Å². The molecule has 0 radical (unpaired) electrons. The fourth-order valence-electron chi connectivity index (χ4n) is 1.81. The highest BCUT2D eigenvalue weighted by Gasteiger charge is 2.10. The number of benzene rings is 1. The minimum Gasteiger partial charge on any atom is -0.300 e. The largest absolute Gasteiger partial charge is 0.300 e. The predicted molar refractivity (Wildman–Crippen MR) is 68.3 cm³/mol. The standard InChI is InChI=1S/C13H8BrFN2/c14-9-5-6-17-10(7-9)8-16-13(17)11-3-1-2-4-12(11)15/h1-8H. The molecule has 84 valence electrons. The van der Waals surface area contributed by atoms with Crippen LogP contribution in [0.5, 0.6) is 0 Å². The van der Waals surface area contributed by atoms with E-state index in [9.17, 15) is 4.39 Å². The maximum absolute atomic E-state index is 13.7. The van der Waals surface area contributed by atoms with E-state index in [4.69, 9.17) is 0 Å². The van der Waals surface area contributed by atoms with Crippen LogP contribution in [0.2, 0.25) is 0 Å². The van der Waals surface area contributed by atoms with Crippen LogP contribution in [0.3, 0.4) is 0 Å². The lowest BCUT2D eigenvalue weighted by Gasteiger charge is -2.02. The van der Waals surface area contributed by atoms with Gasteiger partial charge >= 0.3 is 0 Å². The van der Waals surface area contributed by atoms with Crippen LogP contribution in [0, 0.1) is 5.82 Å². The molecule has 0 aliphatic heterocycles. The molecule has 0 atom stereocenters. The van der Waals surface area contributed by atoms with Crippen molar-refractivity contribution >= 4 is 21.4 Å². The van der Waals surface area contributed by atoms with E-state index in [1.165, 1.54) is 6.07 Å². The average Bonchev–Trinajstić information content (AvgIpc) is 2.72. The Bertz CT molecular complexity index is 691. The monoisotopic (exact) mass is 290 g/mol. The van der Waals surface area contributed by atoms with Crippen LogP contribution >= 0.6 is 15.9 Å². The van der Waals surface area contributed by atoms with Crippen LogP contribution < -0.4 is 0 Å². The average molecular weight is 291 g/mol. The zero-order valence-electron chi connectivity index (χ0n) is 8.77. The summed E-state index contributed by atoms with van der Waals surface area (Å²) < 4.78 is 16.5. The molecule has 0 saturated carbocycles. The molecule has 0 amide bonds. The molecule has 0 saturated heterocycles. The quantitative estimate of drug-likeness (QED) is 0.664. The summed E-state index contributed by atoms with van der Waals surface area (Å²) in [5, 5.41) is 0. The maximum Gasteiger partial charge on any atom is 0.147 e. The highest BCUT2D eigenvalue weighted by Crippen LogP contribution is 2.23. The van der Waals surface area contributed by atoms with E-state index >= 15 is 0 Å². The molecule has 17 heavy (non-hydrogen) atoms. The van der Waals surface area contributed by atoms with Crippen LogP contribution in [-0.4, -0.2) is 9.38 Å². The third kappa shape index (κ3) is 1.74. The zero-order valence-corrected chi connectivity index (χ0v) is 10.4. The maximum atomic E-state index is 13.7. The molecular formula is C13H8BrFN2. The van der Waals surface area contributed by atoms with Crippen molar-refractivity contribution in [2.75, 3.05) is 0 Å². The van der Waals surface area contributed by atoms with Gasteiger partial charge in [0.15, 0.2) is 0 Å². The molecule has 1 aromatic carbocycles. The summed E-state index contributed by atoms with van der Waals surface area (Å²) in [4.78, 5) is 4.27. The van der Waals surface area contributed by atoms with Gasteiger partial charge in [-0.25, -0.2) is 9.37 Å². The minimum absolute atomic E-state index is 0.261. The first-order valence-electron chi connectivity index (χ1n) is 5.13. The normalized spacial score (nSPS) is 10.9. The predicted octanol–water partition coefficient (Wildman–Crippen LogP) is 3.90. The number of hydrogen-bond acceptors (Lipinski definition) is 1. The smallest absolute Gasteiger partial charge is 0.147 e. The lowest BCUT2D eigenvalue weighted by molar-refractivity contribution is 0.630. The fourth-order valence-corrected chi connectivity index (χ4v) is 2.17. The van der Waals surface area contributed by atoms with Crippen LogP contribution in [0.25, 0.3) is 16.9 Å². The Morgan fingerprint density at radius 1 is 1.18 bits per heavy atom. The van der Waals surface area contributed by atoms with Crippen molar-refractivity contribution in [3.05, 3.63) is 59.1 Å². The number of rotatable bonds is 1. The molecule has 0 N–H and O–H groups in total. The van der Waals surface area contributed by atoms with Crippen LogP contribution in [0.1, 0.15) is 0 Å². The summed E-state index contributed by atoms with van der Waals surface area (Å²) in [6, 6.07) is 10.5. The highest BCUT2D eigenvalue weighted by molar-refractivity contribution is 9.10. The van der Waals surface area contributed by atoms with E-state index in [2.05, 4.69) is 20.9 Å². The van der Waals surface area contributed by atoms with Crippen molar-refractivity contribution < 1.29 is 4.39 Å². The van der Waals surface area contributed by atoms with Crippen molar-refractivity contribution in [1.29, 1.82) is 0 Å². The van der Waals surface area contributed by atoms with Gasteiger partial charge in [-0.15, -0.1) is 0 Å². The van der Waals surface area contributed by atoms with Crippen molar-refractivity contribution in [2.24, 2.45) is 0 Å². The summed E-state index contributed by atoms with van der Waals surface area (Å²) >= 11 is 3.40. The molecule has 0 spiro atoms. The molecule has 2 aromatic heterocycles. The van der Waals surface area contributed by atoms with E-state index in [0.717, 1.165) is 9.99 Å². The second kappa shape index (κ2) is 3.96. The number of imidazole rings is 1. The van der Waals surface area contributed by atoms with Gasteiger partial charge < -0.3 is 0 Å². The Balaban J connectivity index is 2.29. The van der Waals surface area contributed by atoms with Crippen molar-refractivity contribution in [1.82, 2.24) is 9.38 Å². The van der Waals surface area contributed by atoms with Crippen LogP contribution in [0.15, 0.2) is 53.3 Å². The first-order valence-corrected chi connectivity index (χ1v) is 5.92. The van der Waals surface area contributed by atoms with Crippen LogP contribution in [0.4, 0.5) is 4.39 Å². The fraction of sp³-hybridized carbons (Fsp3) is 0. The number of pyridine rings is 1.